The van der Waals surface area contributed by atoms with Gasteiger partial charge in [-0.3, -0.25) is 0 Å². The van der Waals surface area contributed by atoms with E-state index in [0.29, 0.717) is 6.54 Å². The monoisotopic (exact) mass is 206 g/mol. The topological polar surface area (TPSA) is 40.6 Å². The molecule has 13 heavy (non-hydrogen) atoms. The molecule has 1 atom stereocenters. The van der Waals surface area contributed by atoms with Gasteiger partial charge in [-0.05, 0) is 26.9 Å². The first-order valence-corrected chi connectivity index (χ1v) is 6.41. The van der Waals surface area contributed by atoms with Crippen molar-refractivity contribution in [3.8, 4) is 0 Å². The molecule has 0 aliphatic carbocycles. The molecule has 0 spiro atoms. The van der Waals surface area contributed by atoms with Crippen LogP contribution in [0.15, 0.2) is 0 Å². The Kier molecular flexibility index (Phi) is 3.32. The van der Waals surface area contributed by atoms with Crippen molar-refractivity contribution in [3.63, 3.8) is 0 Å². The Hall–Kier alpha value is -0.130. The average Bonchev–Trinajstić information content (AvgIpc) is 2.12. The van der Waals surface area contributed by atoms with E-state index in [0.717, 1.165) is 19.5 Å². The number of nitrogens with zero attached hydrogens (tertiary/aromatic N) is 2. The van der Waals surface area contributed by atoms with Gasteiger partial charge < -0.3 is 4.90 Å². The summed E-state index contributed by atoms with van der Waals surface area (Å²) in [5.74, 6) is 0. The summed E-state index contributed by atoms with van der Waals surface area (Å²) in [6.07, 6.45) is 2.21. The van der Waals surface area contributed by atoms with E-state index in [1.165, 1.54) is 6.26 Å². The van der Waals surface area contributed by atoms with Crippen LogP contribution in [-0.2, 0) is 10.0 Å². The third-order valence-electron chi connectivity index (χ3n) is 2.55. The minimum atomic E-state index is -3.02. The Bertz CT molecular complexity index is 263. The highest BCUT2D eigenvalue weighted by Crippen LogP contribution is 2.12. The van der Waals surface area contributed by atoms with Crippen LogP contribution in [0.5, 0.6) is 0 Å². The fraction of sp³-hybridized carbons (Fsp3) is 1.00. The molecule has 0 aromatic rings. The van der Waals surface area contributed by atoms with Crippen molar-refractivity contribution in [1.82, 2.24) is 9.21 Å². The van der Waals surface area contributed by atoms with Gasteiger partial charge in [-0.2, -0.15) is 4.31 Å². The molecule has 0 aromatic heterocycles. The van der Waals surface area contributed by atoms with E-state index in [1.807, 2.05) is 14.0 Å². The first-order chi connectivity index (χ1) is 5.91. The van der Waals surface area contributed by atoms with Gasteiger partial charge in [0.15, 0.2) is 0 Å². The van der Waals surface area contributed by atoms with Gasteiger partial charge in [-0.25, -0.2) is 8.42 Å². The maximum atomic E-state index is 11.4. The first kappa shape index (κ1) is 10.9. The predicted molar refractivity (Wildman–Crippen MR) is 53.1 cm³/mol. The minimum absolute atomic E-state index is 0.139. The van der Waals surface area contributed by atoms with Crippen molar-refractivity contribution < 1.29 is 8.42 Å². The zero-order valence-corrected chi connectivity index (χ0v) is 9.34. The zero-order chi connectivity index (χ0) is 10.1. The average molecular weight is 206 g/mol. The highest BCUT2D eigenvalue weighted by Gasteiger charge is 2.25. The van der Waals surface area contributed by atoms with Crippen LogP contribution < -0.4 is 0 Å². The molecule has 0 saturated carbocycles. The number of likely N-dealkylation sites (N-methyl/N-ethyl adjacent to an activating group) is 1. The van der Waals surface area contributed by atoms with E-state index in [4.69, 9.17) is 0 Å². The number of hydrogen-bond donors (Lipinski definition) is 0. The van der Waals surface area contributed by atoms with Crippen molar-refractivity contribution in [2.75, 3.05) is 32.9 Å². The van der Waals surface area contributed by atoms with Gasteiger partial charge in [0.2, 0.25) is 10.0 Å². The Morgan fingerprint density at radius 3 is 2.38 bits per heavy atom. The Morgan fingerprint density at radius 2 is 1.85 bits per heavy atom. The molecule has 5 heteroatoms. The number of rotatable bonds is 1. The largest absolute Gasteiger partial charge is 0.305 e. The molecule has 1 aliphatic heterocycles. The lowest BCUT2D eigenvalue weighted by Crippen LogP contribution is -2.38. The smallest absolute Gasteiger partial charge is 0.211 e. The summed E-state index contributed by atoms with van der Waals surface area (Å²) in [7, 11) is -0.989. The third-order valence-corrected chi connectivity index (χ3v) is 3.94. The maximum Gasteiger partial charge on any atom is 0.211 e. The van der Waals surface area contributed by atoms with Gasteiger partial charge in [0, 0.05) is 19.1 Å². The molecule has 1 saturated heterocycles. The van der Waals surface area contributed by atoms with Crippen LogP contribution in [0.3, 0.4) is 0 Å². The molecular formula is C8H18N2O2S. The maximum absolute atomic E-state index is 11.4. The molecule has 78 valence electrons. The van der Waals surface area contributed by atoms with E-state index in [-0.39, 0.29) is 6.04 Å². The van der Waals surface area contributed by atoms with E-state index >= 15 is 0 Å². The molecule has 1 unspecified atom stereocenters. The van der Waals surface area contributed by atoms with Gasteiger partial charge in [0.25, 0.3) is 0 Å². The standard InChI is InChI=1S/C8H18N2O2S/c1-8-4-5-9(2)6-7-10(8)13(3,11)12/h8H,4-7H2,1-3H3. The van der Waals surface area contributed by atoms with Crippen molar-refractivity contribution >= 4 is 10.0 Å². The third kappa shape index (κ3) is 2.93. The van der Waals surface area contributed by atoms with E-state index in [2.05, 4.69) is 4.90 Å². The first-order valence-electron chi connectivity index (χ1n) is 4.56. The van der Waals surface area contributed by atoms with Crippen molar-refractivity contribution in [3.05, 3.63) is 0 Å². The molecule has 1 fully saturated rings. The SMILES string of the molecule is CC1CCN(C)CCN1S(C)(=O)=O. The molecule has 1 rings (SSSR count). The Balaban J connectivity index is 2.74. The molecule has 0 radical (unpaired) electrons. The van der Waals surface area contributed by atoms with Crippen LogP contribution in [-0.4, -0.2) is 56.6 Å². The Labute approximate surface area is 80.6 Å². The zero-order valence-electron chi connectivity index (χ0n) is 8.52. The van der Waals surface area contributed by atoms with Gasteiger partial charge in [0.1, 0.15) is 0 Å². The van der Waals surface area contributed by atoms with Gasteiger partial charge in [-0.1, -0.05) is 0 Å². The highest BCUT2D eigenvalue weighted by molar-refractivity contribution is 7.88. The lowest BCUT2D eigenvalue weighted by Gasteiger charge is -2.23. The van der Waals surface area contributed by atoms with Crippen molar-refractivity contribution in [2.45, 2.75) is 19.4 Å². The van der Waals surface area contributed by atoms with Gasteiger partial charge in [-0.15, -0.1) is 0 Å². The Morgan fingerprint density at radius 1 is 1.23 bits per heavy atom. The second-order valence-electron chi connectivity index (χ2n) is 3.81. The summed E-state index contributed by atoms with van der Waals surface area (Å²) in [4.78, 5) is 2.17. The summed E-state index contributed by atoms with van der Waals surface area (Å²) in [5.41, 5.74) is 0. The minimum Gasteiger partial charge on any atom is -0.305 e. The molecule has 0 bridgehead atoms. The quantitative estimate of drug-likeness (QED) is 0.605. The fourth-order valence-electron chi connectivity index (χ4n) is 1.65. The van der Waals surface area contributed by atoms with Crippen molar-refractivity contribution in [2.24, 2.45) is 0 Å². The van der Waals surface area contributed by atoms with E-state index in [1.54, 1.807) is 4.31 Å². The summed E-state index contributed by atoms with van der Waals surface area (Å²) >= 11 is 0. The summed E-state index contributed by atoms with van der Waals surface area (Å²) < 4.78 is 24.3. The second kappa shape index (κ2) is 3.94. The summed E-state index contributed by atoms with van der Waals surface area (Å²) in [6, 6.07) is 0.139. The normalized spacial score (nSPS) is 28.7. The van der Waals surface area contributed by atoms with Crippen LogP contribution in [0, 0.1) is 0 Å². The van der Waals surface area contributed by atoms with Crippen LogP contribution in [0.2, 0.25) is 0 Å². The summed E-state index contributed by atoms with van der Waals surface area (Å²) in [5, 5.41) is 0. The predicted octanol–water partition coefficient (Wildman–Crippen LogP) is -0.0280. The van der Waals surface area contributed by atoms with E-state index in [9.17, 15) is 8.42 Å². The lowest BCUT2D eigenvalue weighted by atomic mass is 10.2. The van der Waals surface area contributed by atoms with E-state index < -0.39 is 10.0 Å². The lowest BCUT2D eigenvalue weighted by molar-refractivity contribution is 0.340. The molecule has 0 N–H and O–H groups in total. The number of sulfonamides is 1. The molecule has 1 aliphatic rings. The fourth-order valence-corrected chi connectivity index (χ4v) is 2.82. The van der Waals surface area contributed by atoms with Gasteiger partial charge >= 0.3 is 0 Å². The molecule has 0 amide bonds. The molecular weight excluding hydrogens is 188 g/mol. The van der Waals surface area contributed by atoms with Crippen LogP contribution in [0.4, 0.5) is 0 Å². The highest BCUT2D eigenvalue weighted by atomic mass is 32.2. The molecule has 1 heterocycles. The number of hydrogen-bond acceptors (Lipinski definition) is 3. The van der Waals surface area contributed by atoms with Gasteiger partial charge in [0.05, 0.1) is 6.26 Å². The molecule has 0 aromatic carbocycles. The molecule has 4 nitrogen and oxygen atoms in total. The van der Waals surface area contributed by atoms with Crippen molar-refractivity contribution in [1.29, 1.82) is 0 Å². The van der Waals surface area contributed by atoms with Crippen LogP contribution in [0.1, 0.15) is 13.3 Å². The van der Waals surface area contributed by atoms with Crippen LogP contribution >= 0.6 is 0 Å². The second-order valence-corrected chi connectivity index (χ2v) is 5.75. The van der Waals surface area contributed by atoms with Crippen LogP contribution in [0.25, 0.3) is 0 Å². The summed E-state index contributed by atoms with van der Waals surface area (Å²) in [6.45, 7) is 4.40.